The predicted octanol–water partition coefficient (Wildman–Crippen LogP) is 1.63. The number of rotatable bonds is 5. The van der Waals surface area contributed by atoms with E-state index in [1.54, 1.807) is 18.2 Å². The van der Waals surface area contributed by atoms with E-state index in [9.17, 15) is 13.6 Å². The molecule has 0 heterocycles. The Morgan fingerprint density at radius 3 is 2.29 bits per heavy atom. The maximum absolute atomic E-state index is 13.7. The minimum absolute atomic E-state index is 0.0900. The van der Waals surface area contributed by atoms with Gasteiger partial charge in [-0.05, 0) is 13.8 Å². The standard InChI is InChI=1S/C12H16F2N2O/c1-11(2,10(15)17)16-8-12(13,14)9-6-4-3-5-7-9/h3-7,16H,8H2,1-2H3,(H2,15,17). The van der Waals surface area contributed by atoms with Crippen molar-refractivity contribution in [3.63, 3.8) is 0 Å². The highest BCUT2D eigenvalue weighted by molar-refractivity contribution is 5.83. The highest BCUT2D eigenvalue weighted by Gasteiger charge is 2.35. The highest BCUT2D eigenvalue weighted by Crippen LogP contribution is 2.27. The van der Waals surface area contributed by atoms with Crippen LogP contribution in [-0.2, 0) is 10.7 Å². The molecule has 17 heavy (non-hydrogen) atoms. The van der Waals surface area contributed by atoms with E-state index in [4.69, 9.17) is 5.73 Å². The Kier molecular flexibility index (Phi) is 3.83. The van der Waals surface area contributed by atoms with Crippen molar-refractivity contribution in [2.24, 2.45) is 5.73 Å². The van der Waals surface area contributed by atoms with Crippen molar-refractivity contribution in [2.45, 2.75) is 25.3 Å². The Labute approximate surface area is 99.0 Å². The van der Waals surface area contributed by atoms with E-state index in [0.29, 0.717) is 0 Å². The zero-order valence-corrected chi connectivity index (χ0v) is 9.84. The number of halogens is 2. The first kappa shape index (κ1) is 13.6. The van der Waals surface area contributed by atoms with Crippen LogP contribution in [0.15, 0.2) is 30.3 Å². The van der Waals surface area contributed by atoms with Crippen molar-refractivity contribution < 1.29 is 13.6 Å². The topological polar surface area (TPSA) is 55.1 Å². The van der Waals surface area contributed by atoms with Gasteiger partial charge < -0.3 is 5.73 Å². The Morgan fingerprint density at radius 1 is 1.29 bits per heavy atom. The molecule has 0 saturated carbocycles. The van der Waals surface area contributed by atoms with Gasteiger partial charge in [-0.2, -0.15) is 8.78 Å². The number of hydrogen-bond acceptors (Lipinski definition) is 2. The molecule has 94 valence electrons. The van der Waals surface area contributed by atoms with Gasteiger partial charge in [0, 0.05) is 5.56 Å². The largest absolute Gasteiger partial charge is 0.368 e. The van der Waals surface area contributed by atoms with Crippen LogP contribution in [0.4, 0.5) is 8.78 Å². The van der Waals surface area contributed by atoms with Crippen molar-refractivity contribution in [1.82, 2.24) is 5.32 Å². The molecular formula is C12H16F2N2O. The zero-order valence-electron chi connectivity index (χ0n) is 9.84. The van der Waals surface area contributed by atoms with Gasteiger partial charge in [0.25, 0.3) is 5.92 Å². The summed E-state index contributed by atoms with van der Waals surface area (Å²) < 4.78 is 27.5. The minimum Gasteiger partial charge on any atom is -0.368 e. The van der Waals surface area contributed by atoms with Gasteiger partial charge in [-0.25, -0.2) is 0 Å². The third kappa shape index (κ3) is 3.49. The molecule has 0 aliphatic rings. The molecule has 0 saturated heterocycles. The second-order valence-electron chi connectivity index (χ2n) is 4.41. The fraction of sp³-hybridized carbons (Fsp3) is 0.417. The highest BCUT2D eigenvalue weighted by atomic mass is 19.3. The molecule has 0 aromatic heterocycles. The van der Waals surface area contributed by atoms with Crippen LogP contribution in [0, 0.1) is 0 Å². The summed E-state index contributed by atoms with van der Waals surface area (Å²) in [5.41, 5.74) is 3.85. The molecule has 3 N–H and O–H groups in total. The third-order valence-corrected chi connectivity index (χ3v) is 2.56. The summed E-state index contributed by atoms with van der Waals surface area (Å²) in [6.07, 6.45) is 0. The average molecular weight is 242 g/mol. The van der Waals surface area contributed by atoms with Crippen LogP contribution in [0.25, 0.3) is 0 Å². The van der Waals surface area contributed by atoms with E-state index >= 15 is 0 Å². The number of primary amides is 1. The van der Waals surface area contributed by atoms with Gasteiger partial charge in [-0.15, -0.1) is 0 Å². The molecule has 0 atom stereocenters. The van der Waals surface area contributed by atoms with E-state index < -0.39 is 23.9 Å². The fourth-order valence-corrected chi connectivity index (χ4v) is 1.20. The number of amides is 1. The SMILES string of the molecule is CC(C)(NCC(F)(F)c1ccccc1)C(N)=O. The molecule has 0 bridgehead atoms. The molecule has 1 aromatic rings. The van der Waals surface area contributed by atoms with Crippen molar-refractivity contribution in [3.8, 4) is 0 Å². The van der Waals surface area contributed by atoms with Crippen LogP contribution in [0.5, 0.6) is 0 Å². The number of alkyl halides is 2. The molecule has 1 rings (SSSR count). The average Bonchev–Trinajstić information content (AvgIpc) is 2.28. The number of carbonyl (C=O) groups excluding carboxylic acids is 1. The molecule has 5 heteroatoms. The van der Waals surface area contributed by atoms with Crippen LogP contribution < -0.4 is 11.1 Å². The maximum atomic E-state index is 13.7. The summed E-state index contributed by atoms with van der Waals surface area (Å²) in [5.74, 6) is -3.70. The van der Waals surface area contributed by atoms with E-state index in [0.717, 1.165) is 0 Å². The second kappa shape index (κ2) is 4.79. The summed E-state index contributed by atoms with van der Waals surface area (Å²) in [7, 11) is 0. The molecule has 3 nitrogen and oxygen atoms in total. The number of hydrogen-bond donors (Lipinski definition) is 2. The second-order valence-corrected chi connectivity index (χ2v) is 4.41. The molecule has 1 amide bonds. The summed E-state index contributed by atoms with van der Waals surface area (Å²) in [6.45, 7) is 2.31. The van der Waals surface area contributed by atoms with Crippen LogP contribution in [0.2, 0.25) is 0 Å². The number of nitrogens with two attached hydrogens (primary N) is 1. The number of nitrogens with one attached hydrogen (secondary N) is 1. The predicted molar refractivity (Wildman–Crippen MR) is 61.6 cm³/mol. The van der Waals surface area contributed by atoms with Crippen LogP contribution in [0.3, 0.4) is 0 Å². The normalized spacial score (nSPS) is 12.5. The van der Waals surface area contributed by atoms with Gasteiger partial charge in [-0.3, -0.25) is 10.1 Å². The summed E-state index contributed by atoms with van der Waals surface area (Å²) in [5, 5.41) is 2.47. The van der Waals surface area contributed by atoms with Gasteiger partial charge in [0.15, 0.2) is 0 Å². The molecule has 0 radical (unpaired) electrons. The quantitative estimate of drug-likeness (QED) is 0.824. The van der Waals surface area contributed by atoms with Crippen molar-refractivity contribution in [3.05, 3.63) is 35.9 Å². The summed E-state index contributed by atoms with van der Waals surface area (Å²) >= 11 is 0. The van der Waals surface area contributed by atoms with Crippen LogP contribution in [-0.4, -0.2) is 18.0 Å². The van der Waals surface area contributed by atoms with Gasteiger partial charge in [-0.1, -0.05) is 30.3 Å². The number of benzene rings is 1. The van der Waals surface area contributed by atoms with Gasteiger partial charge in [0.1, 0.15) is 0 Å². The van der Waals surface area contributed by atoms with Crippen LogP contribution >= 0.6 is 0 Å². The zero-order chi connectivity index (χ0) is 13.1. The van der Waals surface area contributed by atoms with E-state index in [1.165, 1.54) is 26.0 Å². The lowest BCUT2D eigenvalue weighted by atomic mass is 10.0. The third-order valence-electron chi connectivity index (χ3n) is 2.56. The monoisotopic (exact) mass is 242 g/mol. The Balaban J connectivity index is 2.72. The van der Waals surface area contributed by atoms with E-state index in [1.807, 2.05) is 0 Å². The molecule has 0 fully saturated rings. The molecule has 0 aliphatic carbocycles. The number of carbonyl (C=O) groups is 1. The molecule has 0 spiro atoms. The smallest absolute Gasteiger partial charge is 0.285 e. The van der Waals surface area contributed by atoms with Gasteiger partial charge in [0.2, 0.25) is 5.91 Å². The lowest BCUT2D eigenvalue weighted by Gasteiger charge is -2.26. The first-order chi connectivity index (χ1) is 7.76. The minimum atomic E-state index is -3.03. The lowest BCUT2D eigenvalue weighted by molar-refractivity contribution is -0.123. The van der Waals surface area contributed by atoms with Gasteiger partial charge >= 0.3 is 0 Å². The first-order valence-electron chi connectivity index (χ1n) is 5.24. The lowest BCUT2D eigenvalue weighted by Crippen LogP contribution is -2.53. The van der Waals surface area contributed by atoms with Crippen LogP contribution in [0.1, 0.15) is 19.4 Å². The molecule has 1 aromatic carbocycles. The maximum Gasteiger partial charge on any atom is 0.285 e. The van der Waals surface area contributed by atoms with E-state index in [2.05, 4.69) is 5.32 Å². The van der Waals surface area contributed by atoms with E-state index in [-0.39, 0.29) is 5.56 Å². The summed E-state index contributed by atoms with van der Waals surface area (Å²) in [4.78, 5) is 11.0. The first-order valence-corrected chi connectivity index (χ1v) is 5.24. The molecular weight excluding hydrogens is 226 g/mol. The Morgan fingerprint density at radius 2 is 1.82 bits per heavy atom. The fourth-order valence-electron chi connectivity index (χ4n) is 1.20. The molecule has 0 unspecified atom stereocenters. The van der Waals surface area contributed by atoms with Gasteiger partial charge in [0.05, 0.1) is 12.1 Å². The van der Waals surface area contributed by atoms with Crippen molar-refractivity contribution in [2.75, 3.05) is 6.54 Å². The molecule has 0 aliphatic heterocycles. The Hall–Kier alpha value is -1.49. The Bertz CT molecular complexity index is 391. The van der Waals surface area contributed by atoms with Crippen molar-refractivity contribution >= 4 is 5.91 Å². The summed E-state index contributed by atoms with van der Waals surface area (Å²) in [6, 6.07) is 7.45. The van der Waals surface area contributed by atoms with Crippen molar-refractivity contribution in [1.29, 1.82) is 0 Å².